The second-order valence-corrected chi connectivity index (χ2v) is 5.24. The molecule has 1 saturated carbocycles. The summed E-state index contributed by atoms with van der Waals surface area (Å²) in [5.74, 6) is 1.35. The minimum atomic E-state index is -0.447. The molecule has 1 unspecified atom stereocenters. The van der Waals surface area contributed by atoms with Crippen molar-refractivity contribution in [1.29, 1.82) is 0 Å². The van der Waals surface area contributed by atoms with Crippen LogP contribution in [-0.2, 0) is 0 Å². The van der Waals surface area contributed by atoms with Crippen LogP contribution in [0.2, 0.25) is 0 Å². The SMILES string of the molecule is OC(CC1CCCCC1)c1occc1Br. The van der Waals surface area contributed by atoms with E-state index in [1.165, 1.54) is 32.1 Å². The van der Waals surface area contributed by atoms with Crippen LogP contribution in [0.5, 0.6) is 0 Å². The average Bonchev–Trinajstić information content (AvgIpc) is 2.66. The number of halogens is 1. The summed E-state index contributed by atoms with van der Waals surface area (Å²) in [6, 6.07) is 1.83. The molecule has 2 rings (SSSR count). The molecule has 1 fully saturated rings. The van der Waals surface area contributed by atoms with Crippen LogP contribution in [0, 0.1) is 5.92 Å². The third-order valence-corrected chi connectivity index (χ3v) is 3.88. The molecule has 0 aliphatic heterocycles. The topological polar surface area (TPSA) is 33.4 Å². The monoisotopic (exact) mass is 272 g/mol. The van der Waals surface area contributed by atoms with E-state index in [4.69, 9.17) is 4.42 Å². The van der Waals surface area contributed by atoms with Gasteiger partial charge in [0.25, 0.3) is 0 Å². The Bertz CT molecular complexity index is 302. The molecule has 0 bridgehead atoms. The van der Waals surface area contributed by atoms with Gasteiger partial charge in [0.1, 0.15) is 11.9 Å². The van der Waals surface area contributed by atoms with E-state index in [0.717, 1.165) is 10.9 Å². The zero-order chi connectivity index (χ0) is 10.7. The Kier molecular flexibility index (Phi) is 3.87. The molecule has 1 aromatic heterocycles. The lowest BCUT2D eigenvalue weighted by atomic mass is 9.85. The third kappa shape index (κ3) is 2.85. The maximum atomic E-state index is 10.0. The van der Waals surface area contributed by atoms with Gasteiger partial charge in [0, 0.05) is 0 Å². The Morgan fingerprint density at radius 2 is 2.13 bits per heavy atom. The number of aliphatic hydroxyl groups excluding tert-OH is 1. The molecule has 0 amide bonds. The molecule has 0 saturated heterocycles. The van der Waals surface area contributed by atoms with Crippen molar-refractivity contribution in [3.8, 4) is 0 Å². The van der Waals surface area contributed by atoms with Crippen LogP contribution in [0.15, 0.2) is 21.2 Å². The summed E-state index contributed by atoms with van der Waals surface area (Å²) >= 11 is 3.38. The summed E-state index contributed by atoms with van der Waals surface area (Å²) in [4.78, 5) is 0. The van der Waals surface area contributed by atoms with Gasteiger partial charge in [0.05, 0.1) is 10.7 Å². The molecule has 1 N–H and O–H groups in total. The van der Waals surface area contributed by atoms with Crippen molar-refractivity contribution < 1.29 is 9.52 Å². The summed E-state index contributed by atoms with van der Waals surface area (Å²) < 4.78 is 6.15. The Morgan fingerprint density at radius 1 is 1.40 bits per heavy atom. The molecular weight excluding hydrogens is 256 g/mol. The Balaban J connectivity index is 1.91. The van der Waals surface area contributed by atoms with E-state index in [2.05, 4.69) is 15.9 Å². The summed E-state index contributed by atoms with van der Waals surface area (Å²) in [7, 11) is 0. The highest BCUT2D eigenvalue weighted by molar-refractivity contribution is 9.10. The highest BCUT2D eigenvalue weighted by Gasteiger charge is 2.21. The Hall–Kier alpha value is -0.280. The lowest BCUT2D eigenvalue weighted by Gasteiger charge is -2.23. The molecular formula is C12H17BrO2. The van der Waals surface area contributed by atoms with Crippen molar-refractivity contribution in [3.63, 3.8) is 0 Å². The highest BCUT2D eigenvalue weighted by Crippen LogP contribution is 2.34. The molecule has 0 radical (unpaired) electrons. The first-order valence-electron chi connectivity index (χ1n) is 5.68. The highest BCUT2D eigenvalue weighted by atomic mass is 79.9. The zero-order valence-electron chi connectivity index (χ0n) is 8.79. The van der Waals surface area contributed by atoms with Gasteiger partial charge in [-0.3, -0.25) is 0 Å². The molecule has 15 heavy (non-hydrogen) atoms. The van der Waals surface area contributed by atoms with E-state index in [1.54, 1.807) is 6.26 Å². The lowest BCUT2D eigenvalue weighted by Crippen LogP contribution is -2.10. The smallest absolute Gasteiger partial charge is 0.146 e. The fourth-order valence-electron chi connectivity index (χ4n) is 2.39. The van der Waals surface area contributed by atoms with Crippen LogP contribution in [0.1, 0.15) is 50.4 Å². The fourth-order valence-corrected chi connectivity index (χ4v) is 2.85. The van der Waals surface area contributed by atoms with E-state index in [9.17, 15) is 5.11 Å². The molecule has 0 spiro atoms. The largest absolute Gasteiger partial charge is 0.465 e. The molecule has 84 valence electrons. The minimum Gasteiger partial charge on any atom is -0.465 e. The van der Waals surface area contributed by atoms with Crippen molar-refractivity contribution >= 4 is 15.9 Å². The number of rotatable bonds is 3. The van der Waals surface area contributed by atoms with Gasteiger partial charge in [-0.2, -0.15) is 0 Å². The second kappa shape index (κ2) is 5.17. The van der Waals surface area contributed by atoms with Crippen LogP contribution < -0.4 is 0 Å². The van der Waals surface area contributed by atoms with Gasteiger partial charge < -0.3 is 9.52 Å². The van der Waals surface area contributed by atoms with Crippen molar-refractivity contribution in [1.82, 2.24) is 0 Å². The average molecular weight is 273 g/mol. The lowest BCUT2D eigenvalue weighted by molar-refractivity contribution is 0.108. The standard InChI is InChI=1S/C12H17BrO2/c13-10-6-7-15-12(10)11(14)8-9-4-2-1-3-5-9/h6-7,9,11,14H,1-5,8H2. The van der Waals surface area contributed by atoms with Gasteiger partial charge in [-0.05, 0) is 34.3 Å². The van der Waals surface area contributed by atoms with Gasteiger partial charge in [-0.1, -0.05) is 32.1 Å². The first-order valence-corrected chi connectivity index (χ1v) is 6.47. The van der Waals surface area contributed by atoms with Gasteiger partial charge in [0.15, 0.2) is 0 Å². The van der Waals surface area contributed by atoms with Gasteiger partial charge in [-0.15, -0.1) is 0 Å². The predicted octanol–water partition coefficient (Wildman–Crippen LogP) is 4.05. The van der Waals surface area contributed by atoms with Gasteiger partial charge >= 0.3 is 0 Å². The summed E-state index contributed by atoms with van der Waals surface area (Å²) in [5, 5.41) is 10.0. The molecule has 0 aromatic carbocycles. The molecule has 2 nitrogen and oxygen atoms in total. The van der Waals surface area contributed by atoms with Gasteiger partial charge in [0.2, 0.25) is 0 Å². The minimum absolute atomic E-state index is 0.447. The first-order chi connectivity index (χ1) is 7.27. The number of aliphatic hydroxyl groups is 1. The summed E-state index contributed by atoms with van der Waals surface area (Å²) in [5.41, 5.74) is 0. The summed E-state index contributed by atoms with van der Waals surface area (Å²) in [6.45, 7) is 0. The molecule has 1 aliphatic carbocycles. The van der Waals surface area contributed by atoms with Gasteiger partial charge in [-0.25, -0.2) is 0 Å². The van der Waals surface area contributed by atoms with Crippen molar-refractivity contribution in [2.24, 2.45) is 5.92 Å². The van der Waals surface area contributed by atoms with Crippen LogP contribution in [0.4, 0.5) is 0 Å². The number of hydrogen-bond acceptors (Lipinski definition) is 2. The third-order valence-electron chi connectivity index (χ3n) is 3.23. The maximum Gasteiger partial charge on any atom is 0.146 e. The van der Waals surface area contributed by atoms with Crippen LogP contribution in [0.25, 0.3) is 0 Å². The van der Waals surface area contributed by atoms with Crippen LogP contribution >= 0.6 is 15.9 Å². The fraction of sp³-hybridized carbons (Fsp3) is 0.667. The van der Waals surface area contributed by atoms with E-state index >= 15 is 0 Å². The van der Waals surface area contributed by atoms with Crippen molar-refractivity contribution in [3.05, 3.63) is 22.6 Å². The molecule has 1 aromatic rings. The van der Waals surface area contributed by atoms with E-state index in [1.807, 2.05) is 6.07 Å². The molecule has 3 heteroatoms. The maximum absolute atomic E-state index is 10.0. The van der Waals surface area contributed by atoms with Crippen LogP contribution in [0.3, 0.4) is 0 Å². The Morgan fingerprint density at radius 3 is 2.73 bits per heavy atom. The second-order valence-electron chi connectivity index (χ2n) is 4.39. The predicted molar refractivity (Wildman–Crippen MR) is 62.6 cm³/mol. The van der Waals surface area contributed by atoms with Crippen molar-refractivity contribution in [2.45, 2.75) is 44.6 Å². The zero-order valence-corrected chi connectivity index (χ0v) is 10.4. The molecule has 1 atom stereocenters. The molecule has 1 heterocycles. The normalized spacial score (nSPS) is 20.4. The van der Waals surface area contributed by atoms with Crippen molar-refractivity contribution in [2.75, 3.05) is 0 Å². The Labute approximate surface area is 98.8 Å². The number of hydrogen-bond donors (Lipinski definition) is 1. The first kappa shape index (κ1) is 11.2. The molecule has 1 aliphatic rings. The summed E-state index contributed by atoms with van der Waals surface area (Å²) in [6.07, 6.45) is 8.52. The number of furan rings is 1. The van der Waals surface area contributed by atoms with Crippen LogP contribution in [-0.4, -0.2) is 5.11 Å². The van der Waals surface area contributed by atoms with E-state index < -0.39 is 6.10 Å². The quantitative estimate of drug-likeness (QED) is 0.901. The van der Waals surface area contributed by atoms with E-state index in [0.29, 0.717) is 11.7 Å². The van der Waals surface area contributed by atoms with E-state index in [-0.39, 0.29) is 0 Å².